The Morgan fingerprint density at radius 2 is 1.68 bits per heavy atom. The van der Waals surface area contributed by atoms with Gasteiger partial charge in [0.2, 0.25) is 5.76 Å². The molecule has 4 aromatic rings. The third-order valence-electron chi connectivity index (χ3n) is 5.36. The summed E-state index contributed by atoms with van der Waals surface area (Å²) in [6.07, 6.45) is 0. The second kappa shape index (κ2) is 7.52. The highest BCUT2D eigenvalue weighted by atomic mass is 35.5. The highest BCUT2D eigenvalue weighted by molar-refractivity contribution is 6.31. The van der Waals surface area contributed by atoms with Gasteiger partial charge >= 0.3 is 0 Å². The summed E-state index contributed by atoms with van der Waals surface area (Å²) in [7, 11) is 0. The van der Waals surface area contributed by atoms with Crippen molar-refractivity contribution in [3.63, 3.8) is 0 Å². The van der Waals surface area contributed by atoms with E-state index in [2.05, 4.69) is 0 Å². The third-order valence-corrected chi connectivity index (χ3v) is 5.83. The van der Waals surface area contributed by atoms with E-state index in [-0.39, 0.29) is 34.7 Å². The molecule has 0 aliphatic carbocycles. The second-order valence-electron chi connectivity index (χ2n) is 7.33. The Morgan fingerprint density at radius 3 is 2.42 bits per heavy atom. The van der Waals surface area contributed by atoms with Gasteiger partial charge in [0.1, 0.15) is 11.4 Å². The maximum atomic E-state index is 13.4. The van der Waals surface area contributed by atoms with Gasteiger partial charge in [-0.3, -0.25) is 9.59 Å². The predicted octanol–water partition coefficient (Wildman–Crippen LogP) is 5.98. The summed E-state index contributed by atoms with van der Waals surface area (Å²) in [5, 5.41) is 1.18. The van der Waals surface area contributed by atoms with E-state index in [1.54, 1.807) is 48.5 Å². The molecule has 31 heavy (non-hydrogen) atoms. The highest BCUT2D eigenvalue weighted by Crippen LogP contribution is 2.39. The number of carbonyl (C=O) groups is 1. The summed E-state index contributed by atoms with van der Waals surface area (Å²) in [5.74, 6) is -0.795. The van der Waals surface area contributed by atoms with E-state index in [4.69, 9.17) is 27.6 Å². The first-order valence-electron chi connectivity index (χ1n) is 9.49. The molecule has 1 atom stereocenters. The molecule has 7 heteroatoms. The Kier molecular flexibility index (Phi) is 4.80. The fourth-order valence-corrected chi connectivity index (χ4v) is 4.34. The van der Waals surface area contributed by atoms with Crippen LogP contribution in [0.25, 0.3) is 11.0 Å². The summed E-state index contributed by atoms with van der Waals surface area (Å²) in [6.45, 7) is 0.164. The zero-order chi connectivity index (χ0) is 21.7. The maximum absolute atomic E-state index is 13.4. The lowest BCUT2D eigenvalue weighted by Gasteiger charge is -2.25. The van der Waals surface area contributed by atoms with Crippen LogP contribution in [0.2, 0.25) is 10.0 Å². The number of nitrogens with zero attached hydrogens (tertiary/aromatic N) is 1. The molecular weight excluding hydrogens is 440 g/mol. The van der Waals surface area contributed by atoms with E-state index in [0.29, 0.717) is 21.0 Å². The molecule has 1 aliphatic heterocycles. The van der Waals surface area contributed by atoms with Gasteiger partial charge in [0.05, 0.1) is 17.0 Å². The molecule has 1 aromatic heterocycles. The van der Waals surface area contributed by atoms with Gasteiger partial charge in [-0.15, -0.1) is 0 Å². The molecular formula is C24H14Cl2FNO3. The Bertz CT molecular complexity index is 1400. The van der Waals surface area contributed by atoms with E-state index in [1.807, 2.05) is 0 Å². The van der Waals surface area contributed by atoms with Crippen LogP contribution >= 0.6 is 23.2 Å². The van der Waals surface area contributed by atoms with Crippen LogP contribution in [0.4, 0.5) is 4.39 Å². The standard InChI is InChI=1S/C24H14Cl2FNO3/c25-15-3-1-2-14(10-15)21-20-22(29)18-11-16(26)6-9-19(18)31-23(20)24(30)28(21)12-13-4-7-17(27)8-5-13/h1-11,21H,12H2. The van der Waals surface area contributed by atoms with Crippen LogP contribution in [-0.2, 0) is 6.54 Å². The van der Waals surface area contributed by atoms with Gasteiger partial charge in [-0.1, -0.05) is 47.5 Å². The average Bonchev–Trinajstić information content (AvgIpc) is 3.02. The average molecular weight is 454 g/mol. The van der Waals surface area contributed by atoms with E-state index in [0.717, 1.165) is 5.56 Å². The van der Waals surface area contributed by atoms with Crippen LogP contribution in [0, 0.1) is 5.82 Å². The van der Waals surface area contributed by atoms with Crippen molar-refractivity contribution in [2.75, 3.05) is 0 Å². The summed E-state index contributed by atoms with van der Waals surface area (Å²) in [5.41, 5.74) is 1.60. The van der Waals surface area contributed by atoms with Gasteiger partial charge < -0.3 is 9.32 Å². The summed E-state index contributed by atoms with van der Waals surface area (Å²) in [4.78, 5) is 28.3. The lowest BCUT2D eigenvalue weighted by atomic mass is 9.98. The number of halogens is 3. The molecule has 0 saturated heterocycles. The van der Waals surface area contributed by atoms with E-state index in [9.17, 15) is 14.0 Å². The minimum atomic E-state index is -0.703. The molecule has 1 unspecified atom stereocenters. The van der Waals surface area contributed by atoms with Crippen LogP contribution in [0.5, 0.6) is 0 Å². The maximum Gasteiger partial charge on any atom is 0.291 e. The second-order valence-corrected chi connectivity index (χ2v) is 8.20. The molecule has 1 amide bonds. The number of hydrogen-bond acceptors (Lipinski definition) is 3. The van der Waals surface area contributed by atoms with Crippen LogP contribution in [0.3, 0.4) is 0 Å². The molecule has 1 aliphatic rings. The molecule has 4 nitrogen and oxygen atoms in total. The van der Waals surface area contributed by atoms with Crippen molar-refractivity contribution in [2.45, 2.75) is 12.6 Å². The summed E-state index contributed by atoms with van der Waals surface area (Å²) in [6, 6.07) is 16.9. The molecule has 0 fully saturated rings. The molecule has 0 radical (unpaired) electrons. The van der Waals surface area contributed by atoms with Gasteiger partial charge in [-0.05, 0) is 53.6 Å². The first-order chi connectivity index (χ1) is 14.9. The lowest BCUT2D eigenvalue weighted by molar-refractivity contribution is 0.0714. The van der Waals surface area contributed by atoms with Gasteiger partial charge in [0.25, 0.3) is 5.91 Å². The van der Waals surface area contributed by atoms with Crippen molar-refractivity contribution < 1.29 is 13.6 Å². The molecule has 2 heterocycles. The van der Waals surface area contributed by atoms with Gasteiger partial charge in [-0.2, -0.15) is 0 Å². The van der Waals surface area contributed by atoms with Gasteiger partial charge in [-0.25, -0.2) is 4.39 Å². The van der Waals surface area contributed by atoms with Gasteiger partial charge in [0, 0.05) is 16.6 Å². The Balaban J connectivity index is 1.73. The zero-order valence-corrected chi connectivity index (χ0v) is 17.5. The van der Waals surface area contributed by atoms with Crippen molar-refractivity contribution >= 4 is 40.1 Å². The monoisotopic (exact) mass is 453 g/mol. The zero-order valence-electron chi connectivity index (χ0n) is 15.9. The minimum absolute atomic E-state index is 0.00749. The third kappa shape index (κ3) is 3.40. The van der Waals surface area contributed by atoms with E-state index >= 15 is 0 Å². The molecule has 0 N–H and O–H groups in total. The molecule has 5 rings (SSSR count). The fourth-order valence-electron chi connectivity index (χ4n) is 3.97. The fraction of sp³-hybridized carbons (Fsp3) is 0.0833. The van der Waals surface area contributed by atoms with Crippen molar-refractivity contribution in [3.8, 4) is 0 Å². The molecule has 0 bridgehead atoms. The van der Waals surface area contributed by atoms with Crippen molar-refractivity contribution in [1.82, 2.24) is 4.90 Å². The van der Waals surface area contributed by atoms with Crippen molar-refractivity contribution in [3.05, 3.63) is 115 Å². The number of amides is 1. The predicted molar refractivity (Wildman–Crippen MR) is 117 cm³/mol. The molecule has 154 valence electrons. The summed E-state index contributed by atoms with van der Waals surface area (Å²) < 4.78 is 19.2. The number of carbonyl (C=O) groups excluding carboxylic acids is 1. The van der Waals surface area contributed by atoms with Crippen LogP contribution in [-0.4, -0.2) is 10.8 Å². The smallest absolute Gasteiger partial charge is 0.291 e. The molecule has 0 saturated carbocycles. The number of hydrogen-bond donors (Lipinski definition) is 0. The minimum Gasteiger partial charge on any atom is -0.450 e. The first-order valence-corrected chi connectivity index (χ1v) is 10.2. The topological polar surface area (TPSA) is 50.5 Å². The lowest BCUT2D eigenvalue weighted by Crippen LogP contribution is -2.29. The number of fused-ring (bicyclic) bond motifs is 2. The normalized spacial score (nSPS) is 15.5. The van der Waals surface area contributed by atoms with E-state index in [1.165, 1.54) is 23.1 Å². The Hall–Kier alpha value is -3.15. The molecule has 3 aromatic carbocycles. The number of benzene rings is 3. The summed E-state index contributed by atoms with van der Waals surface area (Å²) >= 11 is 12.3. The van der Waals surface area contributed by atoms with E-state index < -0.39 is 11.9 Å². The van der Waals surface area contributed by atoms with Crippen LogP contribution in [0.15, 0.2) is 75.9 Å². The highest BCUT2D eigenvalue weighted by Gasteiger charge is 2.42. The van der Waals surface area contributed by atoms with Crippen molar-refractivity contribution in [1.29, 1.82) is 0 Å². The number of rotatable bonds is 3. The Morgan fingerprint density at radius 1 is 0.935 bits per heavy atom. The van der Waals surface area contributed by atoms with Crippen LogP contribution in [0.1, 0.15) is 33.3 Å². The van der Waals surface area contributed by atoms with Crippen LogP contribution < -0.4 is 5.43 Å². The largest absolute Gasteiger partial charge is 0.450 e. The first kappa shape index (κ1) is 19.8. The van der Waals surface area contributed by atoms with Crippen molar-refractivity contribution in [2.24, 2.45) is 0 Å². The Labute approximate surface area is 186 Å². The van der Waals surface area contributed by atoms with Gasteiger partial charge in [0.15, 0.2) is 5.43 Å². The SMILES string of the molecule is O=C1c2oc3ccc(Cl)cc3c(=O)c2C(c2cccc(Cl)c2)N1Cc1ccc(F)cc1. The molecule has 0 spiro atoms. The quantitative estimate of drug-likeness (QED) is 0.383.